The molecule has 1 amide bonds. The van der Waals surface area contributed by atoms with Gasteiger partial charge in [-0.1, -0.05) is 31.1 Å². The molecule has 0 unspecified atom stereocenters. The van der Waals surface area contributed by atoms with E-state index in [1.165, 1.54) is 37.7 Å². The summed E-state index contributed by atoms with van der Waals surface area (Å²) in [5.41, 5.74) is 0.433. The van der Waals surface area contributed by atoms with E-state index in [2.05, 4.69) is 11.8 Å². The molecule has 0 radical (unpaired) electrons. The molecule has 0 bridgehead atoms. The molecule has 2 heterocycles. The van der Waals surface area contributed by atoms with Crippen LogP contribution in [-0.2, 0) is 14.3 Å². The van der Waals surface area contributed by atoms with Gasteiger partial charge in [-0.25, -0.2) is 4.79 Å². The smallest absolute Gasteiger partial charge is 0.350 e. The molecular formula is C25H33NO4S. The van der Waals surface area contributed by atoms with Gasteiger partial charge in [0.1, 0.15) is 11.2 Å². The van der Waals surface area contributed by atoms with Crippen LogP contribution in [0.4, 0.5) is 5.69 Å². The average Bonchev–Trinajstić information content (AvgIpc) is 3.17. The number of anilines is 1. The molecule has 1 aromatic rings. The van der Waals surface area contributed by atoms with Gasteiger partial charge < -0.3 is 14.4 Å². The Kier molecular flexibility index (Phi) is 7.59. The van der Waals surface area contributed by atoms with Gasteiger partial charge in [0.05, 0.1) is 17.7 Å². The number of hydrogen-bond acceptors (Lipinski definition) is 5. The normalized spacial score (nSPS) is 22.6. The minimum atomic E-state index is -0.448. The van der Waals surface area contributed by atoms with E-state index in [1.54, 1.807) is 0 Å². The highest BCUT2D eigenvalue weighted by Gasteiger charge is 2.42. The third kappa shape index (κ3) is 5.57. The van der Waals surface area contributed by atoms with Crippen molar-refractivity contribution in [3.05, 3.63) is 15.8 Å². The molecule has 2 aliphatic rings. The second-order valence-corrected chi connectivity index (χ2v) is 10.7. The maximum absolute atomic E-state index is 13.5. The first-order chi connectivity index (χ1) is 14.7. The first-order valence-corrected chi connectivity index (χ1v) is 12.1. The number of aldehydes is 1. The number of rotatable bonds is 5. The predicted octanol–water partition coefficient (Wildman–Crippen LogP) is 5.21. The molecule has 2 atom stereocenters. The molecule has 1 aliphatic carbocycles. The summed E-state index contributed by atoms with van der Waals surface area (Å²) < 4.78 is 5.05. The molecule has 31 heavy (non-hydrogen) atoms. The second kappa shape index (κ2) is 9.99. The second-order valence-electron chi connectivity index (χ2n) is 9.67. The number of nitrogens with zero attached hydrogens (tertiary/aromatic N) is 1. The number of carbonyl (C=O) groups excluding carboxylic acids is 3. The molecule has 6 heteroatoms. The van der Waals surface area contributed by atoms with Crippen LogP contribution in [0, 0.1) is 29.1 Å². The Morgan fingerprint density at radius 1 is 1.23 bits per heavy atom. The molecule has 0 spiro atoms. The summed E-state index contributed by atoms with van der Waals surface area (Å²) in [6, 6.07) is 1.92. The van der Waals surface area contributed by atoms with E-state index in [9.17, 15) is 14.4 Å². The fourth-order valence-corrected chi connectivity index (χ4v) is 5.61. The van der Waals surface area contributed by atoms with Crippen LogP contribution in [0.3, 0.4) is 0 Å². The van der Waals surface area contributed by atoms with Gasteiger partial charge in [0.2, 0.25) is 5.91 Å². The van der Waals surface area contributed by atoms with E-state index in [1.807, 2.05) is 31.7 Å². The van der Waals surface area contributed by atoms with E-state index in [0.29, 0.717) is 16.5 Å². The van der Waals surface area contributed by atoms with Gasteiger partial charge in [-0.3, -0.25) is 4.79 Å². The molecular weight excluding hydrogens is 410 g/mol. The van der Waals surface area contributed by atoms with Gasteiger partial charge in [0.25, 0.3) is 0 Å². The van der Waals surface area contributed by atoms with Crippen molar-refractivity contribution in [3.63, 3.8) is 0 Å². The van der Waals surface area contributed by atoms with Crippen LogP contribution in [0.15, 0.2) is 6.07 Å². The van der Waals surface area contributed by atoms with Crippen molar-refractivity contribution in [2.45, 2.75) is 78.2 Å². The van der Waals surface area contributed by atoms with Crippen LogP contribution >= 0.6 is 11.3 Å². The number of hydrogen-bond donors (Lipinski definition) is 0. The Morgan fingerprint density at radius 2 is 1.94 bits per heavy atom. The Hall–Kier alpha value is -2.13. The molecule has 1 aliphatic heterocycles. The monoisotopic (exact) mass is 443 g/mol. The number of esters is 1. The number of methoxy groups -OCH3 is 1. The maximum atomic E-state index is 13.5. The average molecular weight is 444 g/mol. The Morgan fingerprint density at radius 3 is 2.55 bits per heavy atom. The van der Waals surface area contributed by atoms with Gasteiger partial charge >= 0.3 is 5.97 Å². The van der Waals surface area contributed by atoms with Crippen molar-refractivity contribution in [1.29, 1.82) is 0 Å². The quantitative estimate of drug-likeness (QED) is 0.356. The van der Waals surface area contributed by atoms with Crippen molar-refractivity contribution in [1.82, 2.24) is 0 Å². The third-order valence-electron chi connectivity index (χ3n) is 6.21. The lowest BCUT2D eigenvalue weighted by Gasteiger charge is -2.44. The fraction of sp³-hybridized carbons (Fsp3) is 0.640. The summed E-state index contributed by atoms with van der Waals surface area (Å²) in [5.74, 6) is 5.98. The summed E-state index contributed by atoms with van der Waals surface area (Å²) >= 11 is 1.28. The number of ether oxygens (including phenoxy) is 1. The first-order valence-electron chi connectivity index (χ1n) is 11.3. The lowest BCUT2D eigenvalue weighted by molar-refractivity contribution is -0.127. The zero-order valence-electron chi connectivity index (χ0n) is 19.0. The lowest BCUT2D eigenvalue weighted by Crippen LogP contribution is -2.52. The Balaban J connectivity index is 2.06. The van der Waals surface area contributed by atoms with Crippen LogP contribution in [0.25, 0.3) is 0 Å². The maximum Gasteiger partial charge on any atom is 0.350 e. The molecule has 3 rings (SSSR count). The number of amides is 1. The highest BCUT2D eigenvalue weighted by atomic mass is 32.1. The predicted molar refractivity (Wildman–Crippen MR) is 123 cm³/mol. The molecule has 5 nitrogen and oxygen atoms in total. The van der Waals surface area contributed by atoms with Crippen molar-refractivity contribution in [2.24, 2.45) is 17.3 Å². The standard InChI is InChI=1S/C25H33NO4S/c1-25(2,3)14-12-19-16-21(22(31-19)24(29)30-4)26-20(17-8-6-5-7-9-17)11-10-18(13-15-27)23(26)28/h15-18,20H,5-11,13H2,1-4H3/t18-,20+/m1/s1. The number of piperidine rings is 1. The largest absolute Gasteiger partial charge is 0.465 e. The van der Waals surface area contributed by atoms with Crippen molar-refractivity contribution < 1.29 is 19.1 Å². The Bertz CT molecular complexity index is 880. The van der Waals surface area contributed by atoms with Crippen molar-refractivity contribution in [3.8, 4) is 11.8 Å². The van der Waals surface area contributed by atoms with Gasteiger partial charge in [-0.2, -0.15) is 0 Å². The summed E-state index contributed by atoms with van der Waals surface area (Å²) in [7, 11) is 1.36. The molecule has 1 saturated heterocycles. The van der Waals surface area contributed by atoms with Crippen LogP contribution in [0.2, 0.25) is 0 Å². The van der Waals surface area contributed by atoms with E-state index in [4.69, 9.17) is 4.74 Å². The minimum Gasteiger partial charge on any atom is -0.465 e. The van der Waals surface area contributed by atoms with E-state index >= 15 is 0 Å². The van der Waals surface area contributed by atoms with Crippen LogP contribution in [-0.4, -0.2) is 31.3 Å². The minimum absolute atomic E-state index is 0.0489. The number of thiophene rings is 1. The molecule has 2 fully saturated rings. The van der Waals surface area contributed by atoms with Crippen molar-refractivity contribution >= 4 is 35.2 Å². The van der Waals surface area contributed by atoms with Crippen LogP contribution < -0.4 is 4.90 Å². The topological polar surface area (TPSA) is 63.7 Å². The van der Waals surface area contributed by atoms with Gasteiger partial charge in [0, 0.05) is 23.8 Å². The third-order valence-corrected chi connectivity index (χ3v) is 7.23. The SMILES string of the molecule is COC(=O)c1sc(C#CC(C)(C)C)cc1N1C(=O)[C@@H](CC=O)CC[C@H]1C1CCCCC1. The van der Waals surface area contributed by atoms with Crippen LogP contribution in [0.1, 0.15) is 86.7 Å². The molecule has 1 saturated carbocycles. The van der Waals surface area contributed by atoms with E-state index in [0.717, 1.165) is 36.8 Å². The molecule has 0 N–H and O–H groups in total. The molecule has 0 aromatic carbocycles. The highest BCUT2D eigenvalue weighted by Crippen LogP contribution is 2.42. The number of carbonyl (C=O) groups is 3. The summed E-state index contributed by atoms with van der Waals surface area (Å²) in [6.07, 6.45) is 8.43. The lowest BCUT2D eigenvalue weighted by atomic mass is 9.77. The summed E-state index contributed by atoms with van der Waals surface area (Å²) in [6.45, 7) is 6.10. The fourth-order valence-electron chi connectivity index (χ4n) is 4.69. The van der Waals surface area contributed by atoms with Crippen LogP contribution in [0.5, 0.6) is 0 Å². The molecule has 1 aromatic heterocycles. The zero-order valence-corrected chi connectivity index (χ0v) is 19.8. The molecule has 168 valence electrons. The zero-order chi connectivity index (χ0) is 22.6. The van der Waals surface area contributed by atoms with Gasteiger partial charge in [-0.15, -0.1) is 11.3 Å². The van der Waals surface area contributed by atoms with Gasteiger partial charge in [0.15, 0.2) is 0 Å². The Labute approximate surface area is 189 Å². The van der Waals surface area contributed by atoms with E-state index in [-0.39, 0.29) is 29.7 Å². The van der Waals surface area contributed by atoms with Crippen molar-refractivity contribution in [2.75, 3.05) is 12.0 Å². The van der Waals surface area contributed by atoms with Gasteiger partial charge in [-0.05, 0) is 58.4 Å². The summed E-state index contributed by atoms with van der Waals surface area (Å²) in [5, 5.41) is 0. The summed E-state index contributed by atoms with van der Waals surface area (Å²) in [4.78, 5) is 40.4. The van der Waals surface area contributed by atoms with E-state index < -0.39 is 5.97 Å². The first kappa shape index (κ1) is 23.5. The highest BCUT2D eigenvalue weighted by molar-refractivity contribution is 7.15.